The average Bonchev–Trinajstić information content (AvgIpc) is 1.89. The molecule has 2 N–H and O–H groups in total. The molecule has 0 aliphatic heterocycles. The molecule has 0 unspecified atom stereocenters. The van der Waals surface area contributed by atoms with E-state index in [0.717, 1.165) is 0 Å². The zero-order chi connectivity index (χ0) is 7.11. The van der Waals surface area contributed by atoms with E-state index in [9.17, 15) is 0 Å². The summed E-state index contributed by atoms with van der Waals surface area (Å²) in [5, 5.41) is 16.9. The van der Waals surface area contributed by atoms with E-state index in [1.54, 1.807) is 6.08 Å². The van der Waals surface area contributed by atoms with E-state index in [1.807, 2.05) is 0 Å². The van der Waals surface area contributed by atoms with Gasteiger partial charge in [0.05, 0.1) is 6.61 Å². The van der Waals surface area contributed by atoms with Crippen molar-refractivity contribution in [2.45, 2.75) is 0 Å². The maximum Gasteiger partial charge on any atom is 0.114 e. The molecule has 0 aliphatic rings. The third-order valence-electron chi connectivity index (χ3n) is 0.718. The van der Waals surface area contributed by atoms with Crippen LogP contribution in [0.15, 0.2) is 36.6 Å². The Labute approximate surface area is 54.4 Å². The standard InChI is InChI=1S/C7H10O2/c1-2-7(9)5-3-4-6-8/h2-5,8-9H,1,6H2/b4-3+,7-5+. The van der Waals surface area contributed by atoms with E-state index in [4.69, 9.17) is 10.2 Å². The normalized spacial score (nSPS) is 12.3. The predicted molar refractivity (Wildman–Crippen MR) is 37.1 cm³/mol. The zero-order valence-corrected chi connectivity index (χ0v) is 5.12. The van der Waals surface area contributed by atoms with Crippen molar-refractivity contribution in [1.29, 1.82) is 0 Å². The third-order valence-corrected chi connectivity index (χ3v) is 0.718. The van der Waals surface area contributed by atoms with Gasteiger partial charge in [0.1, 0.15) is 5.76 Å². The van der Waals surface area contributed by atoms with Crippen molar-refractivity contribution in [2.75, 3.05) is 6.61 Å². The van der Waals surface area contributed by atoms with Gasteiger partial charge in [-0.3, -0.25) is 0 Å². The van der Waals surface area contributed by atoms with Crippen molar-refractivity contribution in [3.05, 3.63) is 36.6 Å². The lowest BCUT2D eigenvalue weighted by Gasteiger charge is -1.82. The van der Waals surface area contributed by atoms with E-state index in [-0.39, 0.29) is 12.4 Å². The molecule has 50 valence electrons. The van der Waals surface area contributed by atoms with E-state index in [2.05, 4.69) is 6.58 Å². The van der Waals surface area contributed by atoms with Crippen molar-refractivity contribution < 1.29 is 10.2 Å². The molecule has 2 nitrogen and oxygen atoms in total. The minimum atomic E-state index is -0.0130. The van der Waals surface area contributed by atoms with Crippen LogP contribution >= 0.6 is 0 Å². The number of hydrogen-bond acceptors (Lipinski definition) is 2. The summed E-state index contributed by atoms with van der Waals surface area (Å²) in [6.45, 7) is 3.31. The van der Waals surface area contributed by atoms with Crippen LogP contribution in [0.4, 0.5) is 0 Å². The van der Waals surface area contributed by atoms with Gasteiger partial charge in [0.2, 0.25) is 0 Å². The quantitative estimate of drug-likeness (QED) is 0.440. The van der Waals surface area contributed by atoms with Gasteiger partial charge in [0.25, 0.3) is 0 Å². The summed E-state index contributed by atoms with van der Waals surface area (Å²) in [6, 6.07) is 0. The maximum absolute atomic E-state index is 8.69. The van der Waals surface area contributed by atoms with E-state index in [1.165, 1.54) is 18.2 Å². The Morgan fingerprint density at radius 1 is 1.56 bits per heavy atom. The van der Waals surface area contributed by atoms with Crippen LogP contribution in [0.5, 0.6) is 0 Å². The molecular formula is C7H10O2. The van der Waals surface area contributed by atoms with E-state index in [0.29, 0.717) is 0 Å². The first-order valence-corrected chi connectivity index (χ1v) is 2.60. The SMILES string of the molecule is C=C/C(O)=C\C=C\CO. The van der Waals surface area contributed by atoms with Gasteiger partial charge in [-0.2, -0.15) is 0 Å². The highest BCUT2D eigenvalue weighted by molar-refractivity contribution is 5.14. The first-order chi connectivity index (χ1) is 4.31. The monoisotopic (exact) mass is 126 g/mol. The van der Waals surface area contributed by atoms with Gasteiger partial charge in [0.15, 0.2) is 0 Å². The molecule has 2 heteroatoms. The molecule has 0 radical (unpaired) electrons. The Balaban J connectivity index is 3.68. The molecular weight excluding hydrogens is 116 g/mol. The van der Waals surface area contributed by atoms with E-state index >= 15 is 0 Å². The van der Waals surface area contributed by atoms with Gasteiger partial charge in [-0.15, -0.1) is 0 Å². The Bertz CT molecular complexity index is 134. The lowest BCUT2D eigenvalue weighted by atomic mass is 10.4. The molecule has 0 heterocycles. The summed E-state index contributed by atoms with van der Waals surface area (Å²) in [5.74, 6) is 0.0969. The van der Waals surface area contributed by atoms with Gasteiger partial charge in [-0.25, -0.2) is 0 Å². The second-order valence-corrected chi connectivity index (χ2v) is 1.41. The van der Waals surface area contributed by atoms with Crippen molar-refractivity contribution >= 4 is 0 Å². The molecule has 0 aliphatic carbocycles. The van der Waals surface area contributed by atoms with Crippen molar-refractivity contribution in [1.82, 2.24) is 0 Å². The second-order valence-electron chi connectivity index (χ2n) is 1.41. The van der Waals surface area contributed by atoms with Crippen LogP contribution in [0.3, 0.4) is 0 Å². The van der Waals surface area contributed by atoms with Crippen molar-refractivity contribution in [2.24, 2.45) is 0 Å². The molecule has 0 aromatic carbocycles. The van der Waals surface area contributed by atoms with Crippen LogP contribution in [0.1, 0.15) is 0 Å². The molecule has 0 atom stereocenters. The first-order valence-electron chi connectivity index (χ1n) is 2.60. The topological polar surface area (TPSA) is 40.5 Å². The molecule has 0 aromatic rings. The van der Waals surface area contributed by atoms with Crippen LogP contribution in [-0.2, 0) is 0 Å². The first kappa shape index (κ1) is 7.98. The Kier molecular flexibility index (Phi) is 4.54. The van der Waals surface area contributed by atoms with Crippen LogP contribution in [-0.4, -0.2) is 16.8 Å². The molecule has 0 bridgehead atoms. The molecule has 0 spiro atoms. The Hall–Kier alpha value is -1.02. The highest BCUT2D eigenvalue weighted by atomic mass is 16.3. The van der Waals surface area contributed by atoms with Gasteiger partial charge in [-0.1, -0.05) is 18.7 Å². The van der Waals surface area contributed by atoms with Crippen molar-refractivity contribution in [3.8, 4) is 0 Å². The molecule has 0 fully saturated rings. The second kappa shape index (κ2) is 5.12. The Morgan fingerprint density at radius 3 is 2.67 bits per heavy atom. The highest BCUT2D eigenvalue weighted by Crippen LogP contribution is 1.87. The fourth-order valence-corrected chi connectivity index (χ4v) is 0.296. The third kappa shape index (κ3) is 4.84. The van der Waals surface area contributed by atoms with E-state index < -0.39 is 0 Å². The number of hydrogen-bond donors (Lipinski definition) is 2. The fraction of sp³-hybridized carbons (Fsp3) is 0.143. The summed E-state index contributed by atoms with van der Waals surface area (Å²) < 4.78 is 0. The van der Waals surface area contributed by atoms with Crippen molar-refractivity contribution in [3.63, 3.8) is 0 Å². The van der Waals surface area contributed by atoms with Crippen LogP contribution in [0, 0.1) is 0 Å². The van der Waals surface area contributed by atoms with Gasteiger partial charge < -0.3 is 10.2 Å². The maximum atomic E-state index is 8.69. The smallest absolute Gasteiger partial charge is 0.114 e. The Morgan fingerprint density at radius 2 is 2.22 bits per heavy atom. The summed E-state index contributed by atoms with van der Waals surface area (Å²) in [6.07, 6.45) is 5.83. The molecule has 0 saturated heterocycles. The van der Waals surface area contributed by atoms with Crippen LogP contribution in [0.2, 0.25) is 0 Å². The number of aliphatic hydroxyl groups excluding tert-OH is 2. The summed E-state index contributed by atoms with van der Waals surface area (Å²) in [4.78, 5) is 0. The molecule has 0 aromatic heterocycles. The fourth-order valence-electron chi connectivity index (χ4n) is 0.296. The zero-order valence-electron chi connectivity index (χ0n) is 5.12. The number of allylic oxidation sites excluding steroid dienone is 3. The lowest BCUT2D eigenvalue weighted by Crippen LogP contribution is -1.71. The molecule has 0 rings (SSSR count). The summed E-state index contributed by atoms with van der Waals surface area (Å²) in [5.41, 5.74) is 0. The van der Waals surface area contributed by atoms with Gasteiger partial charge >= 0.3 is 0 Å². The summed E-state index contributed by atoms with van der Waals surface area (Å²) >= 11 is 0. The minimum absolute atomic E-state index is 0.0130. The van der Waals surface area contributed by atoms with Crippen LogP contribution in [0.25, 0.3) is 0 Å². The molecule has 0 amide bonds. The average molecular weight is 126 g/mol. The number of aliphatic hydroxyl groups is 2. The van der Waals surface area contributed by atoms with Crippen LogP contribution < -0.4 is 0 Å². The number of rotatable bonds is 3. The lowest BCUT2D eigenvalue weighted by molar-refractivity contribution is 0.342. The minimum Gasteiger partial charge on any atom is -0.508 e. The summed E-state index contributed by atoms with van der Waals surface area (Å²) in [7, 11) is 0. The molecule has 9 heavy (non-hydrogen) atoms. The van der Waals surface area contributed by atoms with Gasteiger partial charge in [-0.05, 0) is 12.2 Å². The predicted octanol–water partition coefficient (Wildman–Crippen LogP) is 1.16. The molecule has 0 saturated carbocycles. The van der Waals surface area contributed by atoms with Gasteiger partial charge in [0, 0.05) is 0 Å². The largest absolute Gasteiger partial charge is 0.508 e. The highest BCUT2D eigenvalue weighted by Gasteiger charge is 1.74.